The van der Waals surface area contributed by atoms with Crippen LogP contribution in [0.1, 0.15) is 32.6 Å². The number of hydrogen-bond acceptors (Lipinski definition) is 4. The van der Waals surface area contributed by atoms with E-state index in [0.717, 1.165) is 0 Å². The number of thioether (sulfide) groups is 1. The van der Waals surface area contributed by atoms with E-state index in [0.29, 0.717) is 11.2 Å². The molecule has 1 unspecified atom stereocenters. The minimum atomic E-state index is -0.0399. The molecule has 0 bridgehead atoms. The molecule has 5 heteroatoms. The summed E-state index contributed by atoms with van der Waals surface area (Å²) >= 11 is 1.77. The first kappa shape index (κ1) is 12.4. The zero-order valence-electron chi connectivity index (χ0n) is 9.93. The molecule has 2 rings (SSSR count). The number of anilines is 1. The van der Waals surface area contributed by atoms with Crippen molar-refractivity contribution < 1.29 is 4.79 Å². The summed E-state index contributed by atoms with van der Waals surface area (Å²) < 4.78 is 0. The van der Waals surface area contributed by atoms with Gasteiger partial charge in [0, 0.05) is 17.6 Å². The average Bonchev–Trinajstić information content (AvgIpc) is 2.83. The standard InChI is InChI=1S/C12H17N3OS/c1-9(17-10-5-2-3-6-10)11(16)15-12-13-7-4-8-14-12/h4,7-10H,2-3,5-6H2,1H3,(H,13,14,15,16). The van der Waals surface area contributed by atoms with Crippen LogP contribution in [0, 0.1) is 0 Å². The van der Waals surface area contributed by atoms with Crippen LogP contribution in [-0.4, -0.2) is 26.4 Å². The van der Waals surface area contributed by atoms with Crippen LogP contribution in [0.4, 0.5) is 5.95 Å². The van der Waals surface area contributed by atoms with Gasteiger partial charge in [-0.25, -0.2) is 9.97 Å². The molecular weight excluding hydrogens is 234 g/mol. The summed E-state index contributed by atoms with van der Waals surface area (Å²) in [5.74, 6) is 0.379. The summed E-state index contributed by atoms with van der Waals surface area (Å²) in [6.07, 6.45) is 8.32. The smallest absolute Gasteiger partial charge is 0.239 e. The molecule has 0 spiro atoms. The lowest BCUT2D eigenvalue weighted by molar-refractivity contribution is -0.115. The number of carbonyl (C=O) groups excluding carboxylic acids is 1. The molecule has 1 fully saturated rings. The van der Waals surface area contributed by atoms with Crippen LogP contribution in [0.25, 0.3) is 0 Å². The van der Waals surface area contributed by atoms with Crippen LogP contribution in [-0.2, 0) is 4.79 Å². The van der Waals surface area contributed by atoms with Crippen molar-refractivity contribution in [1.29, 1.82) is 0 Å². The van der Waals surface area contributed by atoms with E-state index in [9.17, 15) is 4.79 Å². The normalized spacial score (nSPS) is 17.9. The average molecular weight is 251 g/mol. The van der Waals surface area contributed by atoms with Gasteiger partial charge in [-0.05, 0) is 25.8 Å². The van der Waals surface area contributed by atoms with Crippen molar-refractivity contribution in [3.05, 3.63) is 18.5 Å². The summed E-state index contributed by atoms with van der Waals surface area (Å²) in [6, 6.07) is 1.73. The first-order valence-corrected chi connectivity index (χ1v) is 6.93. The molecule has 1 N–H and O–H groups in total. The third-order valence-corrected chi connectivity index (χ3v) is 4.35. The molecule has 0 radical (unpaired) electrons. The quantitative estimate of drug-likeness (QED) is 0.893. The lowest BCUT2D eigenvalue weighted by Crippen LogP contribution is -2.25. The molecule has 0 aromatic carbocycles. The molecule has 1 atom stereocenters. The van der Waals surface area contributed by atoms with Crippen molar-refractivity contribution in [2.24, 2.45) is 0 Å². The van der Waals surface area contributed by atoms with Crippen LogP contribution in [0.15, 0.2) is 18.5 Å². The number of rotatable bonds is 4. The second kappa shape index (κ2) is 6.00. The Kier molecular flexibility index (Phi) is 4.36. The van der Waals surface area contributed by atoms with Gasteiger partial charge in [-0.1, -0.05) is 12.8 Å². The fourth-order valence-corrected chi connectivity index (χ4v) is 3.32. The molecule has 1 amide bonds. The number of carbonyl (C=O) groups is 1. The fraction of sp³-hybridized carbons (Fsp3) is 0.583. The van der Waals surface area contributed by atoms with Crippen molar-refractivity contribution in [1.82, 2.24) is 9.97 Å². The Bertz CT molecular complexity index is 365. The van der Waals surface area contributed by atoms with E-state index < -0.39 is 0 Å². The Hall–Kier alpha value is -1.10. The van der Waals surface area contributed by atoms with Gasteiger partial charge in [0.15, 0.2) is 0 Å². The van der Waals surface area contributed by atoms with Crippen LogP contribution in [0.2, 0.25) is 0 Å². The van der Waals surface area contributed by atoms with Crippen molar-refractivity contribution in [3.63, 3.8) is 0 Å². The first-order valence-electron chi connectivity index (χ1n) is 5.99. The Morgan fingerprint density at radius 2 is 2.06 bits per heavy atom. The molecular formula is C12H17N3OS. The third-order valence-electron chi connectivity index (χ3n) is 2.87. The van der Waals surface area contributed by atoms with Crippen molar-refractivity contribution in [3.8, 4) is 0 Å². The summed E-state index contributed by atoms with van der Waals surface area (Å²) in [6.45, 7) is 1.95. The van der Waals surface area contributed by atoms with Gasteiger partial charge in [0.25, 0.3) is 0 Å². The topological polar surface area (TPSA) is 54.9 Å². The number of hydrogen-bond donors (Lipinski definition) is 1. The number of nitrogens with one attached hydrogen (secondary N) is 1. The Labute approximate surface area is 106 Å². The molecule has 1 aromatic rings. The van der Waals surface area contributed by atoms with Gasteiger partial charge in [-0.2, -0.15) is 0 Å². The molecule has 0 aliphatic heterocycles. The zero-order chi connectivity index (χ0) is 12.1. The Morgan fingerprint density at radius 3 is 2.71 bits per heavy atom. The molecule has 1 heterocycles. The molecule has 0 saturated heterocycles. The van der Waals surface area contributed by atoms with Crippen molar-refractivity contribution >= 4 is 23.6 Å². The minimum absolute atomic E-state index is 0.00639. The number of aromatic nitrogens is 2. The van der Waals surface area contributed by atoms with E-state index in [-0.39, 0.29) is 11.2 Å². The van der Waals surface area contributed by atoms with Gasteiger partial charge < -0.3 is 0 Å². The minimum Gasteiger partial charge on any atom is -0.294 e. The number of amides is 1. The van der Waals surface area contributed by atoms with E-state index in [1.54, 1.807) is 30.2 Å². The summed E-state index contributed by atoms with van der Waals surface area (Å²) in [5.41, 5.74) is 0. The highest BCUT2D eigenvalue weighted by molar-refractivity contribution is 8.01. The molecule has 1 aliphatic rings. The second-order valence-corrected chi connectivity index (χ2v) is 5.89. The highest BCUT2D eigenvalue weighted by Crippen LogP contribution is 2.32. The lowest BCUT2D eigenvalue weighted by atomic mass is 10.4. The van der Waals surface area contributed by atoms with Crippen molar-refractivity contribution in [2.75, 3.05) is 5.32 Å². The maximum absolute atomic E-state index is 11.9. The largest absolute Gasteiger partial charge is 0.294 e. The van der Waals surface area contributed by atoms with Crippen LogP contribution >= 0.6 is 11.8 Å². The van der Waals surface area contributed by atoms with Gasteiger partial charge in [0.2, 0.25) is 11.9 Å². The van der Waals surface area contributed by atoms with E-state index in [4.69, 9.17) is 0 Å². The lowest BCUT2D eigenvalue weighted by Gasteiger charge is -2.15. The van der Waals surface area contributed by atoms with E-state index >= 15 is 0 Å². The Morgan fingerprint density at radius 1 is 1.41 bits per heavy atom. The predicted molar refractivity (Wildman–Crippen MR) is 70.0 cm³/mol. The van der Waals surface area contributed by atoms with Gasteiger partial charge in [-0.3, -0.25) is 10.1 Å². The highest BCUT2D eigenvalue weighted by atomic mass is 32.2. The van der Waals surface area contributed by atoms with Crippen LogP contribution in [0.5, 0.6) is 0 Å². The van der Waals surface area contributed by atoms with Crippen molar-refractivity contribution in [2.45, 2.75) is 43.1 Å². The highest BCUT2D eigenvalue weighted by Gasteiger charge is 2.22. The maximum Gasteiger partial charge on any atom is 0.239 e. The number of nitrogens with zero attached hydrogens (tertiary/aromatic N) is 2. The SMILES string of the molecule is CC(SC1CCCC1)C(=O)Nc1ncccn1. The monoisotopic (exact) mass is 251 g/mol. The van der Waals surface area contributed by atoms with Gasteiger partial charge in [0.1, 0.15) is 0 Å². The zero-order valence-corrected chi connectivity index (χ0v) is 10.7. The van der Waals surface area contributed by atoms with Gasteiger partial charge in [-0.15, -0.1) is 11.8 Å². The maximum atomic E-state index is 11.9. The fourth-order valence-electron chi connectivity index (χ4n) is 1.95. The molecule has 17 heavy (non-hydrogen) atoms. The van der Waals surface area contributed by atoms with E-state index in [1.807, 2.05) is 6.92 Å². The first-order chi connectivity index (χ1) is 8.25. The molecule has 1 saturated carbocycles. The molecule has 92 valence electrons. The van der Waals surface area contributed by atoms with Crippen LogP contribution in [0.3, 0.4) is 0 Å². The second-order valence-electron chi connectivity index (χ2n) is 4.25. The van der Waals surface area contributed by atoms with E-state index in [1.165, 1.54) is 25.7 Å². The summed E-state index contributed by atoms with van der Waals surface area (Å²) in [5, 5.41) is 3.34. The third kappa shape index (κ3) is 3.70. The molecule has 1 aromatic heterocycles. The summed E-state index contributed by atoms with van der Waals surface area (Å²) in [4.78, 5) is 19.8. The Balaban J connectivity index is 1.82. The summed E-state index contributed by atoms with van der Waals surface area (Å²) in [7, 11) is 0. The van der Waals surface area contributed by atoms with Crippen LogP contribution < -0.4 is 5.32 Å². The van der Waals surface area contributed by atoms with Gasteiger partial charge >= 0.3 is 0 Å². The molecule has 1 aliphatic carbocycles. The van der Waals surface area contributed by atoms with E-state index in [2.05, 4.69) is 15.3 Å². The van der Waals surface area contributed by atoms with Gasteiger partial charge in [0.05, 0.1) is 5.25 Å². The predicted octanol–water partition coefficient (Wildman–Crippen LogP) is 2.48. The molecule has 4 nitrogen and oxygen atoms in total.